The van der Waals surface area contributed by atoms with Gasteiger partial charge in [-0.25, -0.2) is 0 Å². The van der Waals surface area contributed by atoms with Crippen LogP contribution in [-0.4, -0.2) is 5.11 Å². The fraction of sp³-hybridized carbons (Fsp3) is 0.143. The van der Waals surface area contributed by atoms with Crippen molar-refractivity contribution in [3.8, 4) is 5.75 Å². The minimum absolute atomic E-state index is 0.0511. The van der Waals surface area contributed by atoms with Crippen molar-refractivity contribution in [1.29, 1.82) is 0 Å². The van der Waals surface area contributed by atoms with Crippen LogP contribution in [0.1, 0.15) is 11.1 Å². The third kappa shape index (κ3) is 3.16. The molecule has 0 fully saturated rings. The lowest BCUT2D eigenvalue weighted by atomic mass is 10.2. The minimum atomic E-state index is -0.0511. The van der Waals surface area contributed by atoms with E-state index in [9.17, 15) is 5.11 Å². The highest BCUT2D eigenvalue weighted by Gasteiger charge is 2.05. The molecule has 2 nitrogen and oxygen atoms in total. The molecule has 4 heteroatoms. The number of hydrogen-bond acceptors (Lipinski definition) is 2. The topological polar surface area (TPSA) is 29.5 Å². The van der Waals surface area contributed by atoms with Crippen LogP contribution in [0, 0.1) is 0 Å². The van der Waals surface area contributed by atoms with E-state index in [4.69, 9.17) is 27.9 Å². The van der Waals surface area contributed by atoms with Crippen molar-refractivity contribution < 1.29 is 9.84 Å². The number of aliphatic hydroxyl groups is 1. The van der Waals surface area contributed by atoms with E-state index in [0.29, 0.717) is 22.4 Å². The quantitative estimate of drug-likeness (QED) is 0.916. The molecule has 0 atom stereocenters. The summed E-state index contributed by atoms with van der Waals surface area (Å²) in [5, 5.41) is 10.4. The number of para-hydroxylation sites is 1. The molecule has 2 aromatic rings. The average molecular weight is 283 g/mol. The number of rotatable bonds is 4. The summed E-state index contributed by atoms with van der Waals surface area (Å²) in [5.74, 6) is 0.658. The summed E-state index contributed by atoms with van der Waals surface area (Å²) < 4.78 is 5.65. The Kier molecular flexibility index (Phi) is 4.48. The fourth-order valence-electron chi connectivity index (χ4n) is 1.57. The van der Waals surface area contributed by atoms with Gasteiger partial charge in [-0.1, -0.05) is 47.5 Å². The van der Waals surface area contributed by atoms with Crippen molar-refractivity contribution in [3.05, 3.63) is 63.6 Å². The van der Waals surface area contributed by atoms with Gasteiger partial charge in [0.05, 0.1) is 6.61 Å². The summed E-state index contributed by atoms with van der Waals surface area (Å²) in [4.78, 5) is 0. The van der Waals surface area contributed by atoms with Gasteiger partial charge in [-0.3, -0.25) is 0 Å². The van der Waals surface area contributed by atoms with Gasteiger partial charge in [0.2, 0.25) is 0 Å². The van der Waals surface area contributed by atoms with E-state index in [1.165, 1.54) is 0 Å². The Morgan fingerprint density at radius 1 is 1.00 bits per heavy atom. The molecule has 0 aromatic heterocycles. The van der Waals surface area contributed by atoms with Crippen LogP contribution in [-0.2, 0) is 13.2 Å². The third-order valence-electron chi connectivity index (χ3n) is 2.54. The number of aliphatic hydroxyl groups excluding tert-OH is 1. The first kappa shape index (κ1) is 13.2. The number of hydrogen-bond donors (Lipinski definition) is 1. The highest BCUT2D eigenvalue weighted by Crippen LogP contribution is 2.24. The maximum absolute atomic E-state index is 9.18. The van der Waals surface area contributed by atoms with Gasteiger partial charge in [-0.05, 0) is 18.2 Å². The number of halogens is 2. The van der Waals surface area contributed by atoms with Crippen molar-refractivity contribution in [2.45, 2.75) is 13.2 Å². The van der Waals surface area contributed by atoms with Gasteiger partial charge < -0.3 is 9.84 Å². The Morgan fingerprint density at radius 2 is 1.78 bits per heavy atom. The van der Waals surface area contributed by atoms with Gasteiger partial charge in [0.15, 0.2) is 0 Å². The van der Waals surface area contributed by atoms with E-state index in [-0.39, 0.29) is 6.61 Å². The highest BCUT2D eigenvalue weighted by atomic mass is 35.5. The second kappa shape index (κ2) is 6.10. The first-order chi connectivity index (χ1) is 8.70. The van der Waals surface area contributed by atoms with Crippen LogP contribution >= 0.6 is 23.2 Å². The standard InChI is InChI=1S/C14H12Cl2O2/c15-12-6-5-11(13(16)7-12)9-18-14-4-2-1-3-10(14)8-17/h1-7,17H,8-9H2. The van der Waals surface area contributed by atoms with E-state index < -0.39 is 0 Å². The van der Waals surface area contributed by atoms with Gasteiger partial charge in [-0.15, -0.1) is 0 Å². The lowest BCUT2D eigenvalue weighted by Crippen LogP contribution is -1.99. The molecule has 0 radical (unpaired) electrons. The molecule has 0 saturated heterocycles. The largest absolute Gasteiger partial charge is 0.488 e. The second-order valence-corrected chi connectivity index (χ2v) is 4.63. The molecule has 0 unspecified atom stereocenters. The van der Waals surface area contributed by atoms with Crippen LogP contribution in [0.3, 0.4) is 0 Å². The molecule has 0 heterocycles. The zero-order chi connectivity index (χ0) is 13.0. The Balaban J connectivity index is 2.11. The monoisotopic (exact) mass is 282 g/mol. The molecule has 2 aromatic carbocycles. The average Bonchev–Trinajstić information content (AvgIpc) is 2.38. The van der Waals surface area contributed by atoms with Crippen LogP contribution in [0.5, 0.6) is 5.75 Å². The number of benzene rings is 2. The normalized spacial score (nSPS) is 10.4. The third-order valence-corrected chi connectivity index (χ3v) is 3.13. The summed E-state index contributed by atoms with van der Waals surface area (Å²) in [6, 6.07) is 12.6. The first-order valence-corrected chi connectivity index (χ1v) is 6.22. The fourth-order valence-corrected chi connectivity index (χ4v) is 2.03. The van der Waals surface area contributed by atoms with Crippen LogP contribution in [0.2, 0.25) is 10.0 Å². The summed E-state index contributed by atoms with van der Waals surface area (Å²) in [6.07, 6.45) is 0. The highest BCUT2D eigenvalue weighted by molar-refractivity contribution is 6.35. The van der Waals surface area contributed by atoms with Crippen LogP contribution in [0.4, 0.5) is 0 Å². The molecule has 0 saturated carbocycles. The maximum atomic E-state index is 9.18. The number of ether oxygens (including phenoxy) is 1. The first-order valence-electron chi connectivity index (χ1n) is 5.46. The summed E-state index contributed by atoms with van der Waals surface area (Å²) in [6.45, 7) is 0.289. The Morgan fingerprint density at radius 3 is 2.50 bits per heavy atom. The van der Waals surface area contributed by atoms with Crippen LogP contribution in [0.25, 0.3) is 0 Å². The lowest BCUT2D eigenvalue weighted by Gasteiger charge is -2.11. The Labute approximate surface area is 116 Å². The predicted octanol–water partition coefficient (Wildman–Crippen LogP) is 4.06. The van der Waals surface area contributed by atoms with Gasteiger partial charge in [0, 0.05) is 21.2 Å². The SMILES string of the molecule is OCc1ccccc1OCc1ccc(Cl)cc1Cl. The van der Waals surface area contributed by atoms with E-state index in [1.807, 2.05) is 30.3 Å². The molecule has 18 heavy (non-hydrogen) atoms. The molecule has 0 amide bonds. The molecule has 94 valence electrons. The molecule has 1 N–H and O–H groups in total. The van der Waals surface area contributed by atoms with E-state index in [1.54, 1.807) is 12.1 Å². The van der Waals surface area contributed by atoms with Gasteiger partial charge in [-0.2, -0.15) is 0 Å². The van der Waals surface area contributed by atoms with Crippen LogP contribution < -0.4 is 4.74 Å². The predicted molar refractivity (Wildman–Crippen MR) is 73.2 cm³/mol. The van der Waals surface area contributed by atoms with Crippen molar-refractivity contribution in [2.75, 3.05) is 0 Å². The molecular weight excluding hydrogens is 271 g/mol. The summed E-state index contributed by atoms with van der Waals surface area (Å²) in [5.41, 5.74) is 1.61. The molecule has 0 aliphatic heterocycles. The van der Waals surface area contributed by atoms with E-state index in [2.05, 4.69) is 0 Å². The van der Waals surface area contributed by atoms with Crippen LogP contribution in [0.15, 0.2) is 42.5 Å². The smallest absolute Gasteiger partial charge is 0.125 e. The van der Waals surface area contributed by atoms with Crippen molar-refractivity contribution in [2.24, 2.45) is 0 Å². The van der Waals surface area contributed by atoms with Crippen molar-refractivity contribution in [3.63, 3.8) is 0 Å². The lowest BCUT2D eigenvalue weighted by molar-refractivity contribution is 0.259. The zero-order valence-corrected chi connectivity index (χ0v) is 11.1. The van der Waals surface area contributed by atoms with Gasteiger partial charge >= 0.3 is 0 Å². The zero-order valence-electron chi connectivity index (χ0n) is 9.57. The van der Waals surface area contributed by atoms with E-state index >= 15 is 0 Å². The summed E-state index contributed by atoms with van der Waals surface area (Å²) in [7, 11) is 0. The second-order valence-electron chi connectivity index (χ2n) is 3.79. The van der Waals surface area contributed by atoms with Crippen molar-refractivity contribution >= 4 is 23.2 Å². The molecule has 0 aliphatic rings. The Bertz CT molecular complexity index is 541. The van der Waals surface area contributed by atoms with Gasteiger partial charge in [0.25, 0.3) is 0 Å². The summed E-state index contributed by atoms with van der Waals surface area (Å²) >= 11 is 11.9. The molecule has 0 aliphatic carbocycles. The molecular formula is C14H12Cl2O2. The molecule has 2 rings (SSSR count). The minimum Gasteiger partial charge on any atom is -0.488 e. The molecule has 0 bridgehead atoms. The van der Waals surface area contributed by atoms with Crippen molar-refractivity contribution in [1.82, 2.24) is 0 Å². The Hall–Kier alpha value is -1.22. The van der Waals surface area contributed by atoms with Gasteiger partial charge in [0.1, 0.15) is 12.4 Å². The molecule has 0 spiro atoms. The maximum Gasteiger partial charge on any atom is 0.125 e. The van der Waals surface area contributed by atoms with E-state index in [0.717, 1.165) is 11.1 Å².